The third-order valence-electron chi connectivity index (χ3n) is 5.59. The minimum absolute atomic E-state index is 0.182. The Labute approximate surface area is 201 Å². The fourth-order valence-electron chi connectivity index (χ4n) is 3.64. The minimum atomic E-state index is -0.727. The zero-order chi connectivity index (χ0) is 24.8. The first-order chi connectivity index (χ1) is 16.9. The van der Waals surface area contributed by atoms with Gasteiger partial charge in [-0.15, -0.1) is 5.10 Å². The van der Waals surface area contributed by atoms with Gasteiger partial charge in [-0.1, -0.05) is 41.6 Å². The van der Waals surface area contributed by atoms with Crippen LogP contribution in [0.1, 0.15) is 34.3 Å². The lowest BCUT2D eigenvalue weighted by atomic mass is 10.1. The number of nitrogens with two attached hydrogens (primary N) is 1. The molecule has 0 fully saturated rings. The Morgan fingerprint density at radius 1 is 1.03 bits per heavy atom. The second kappa shape index (κ2) is 10.7. The van der Waals surface area contributed by atoms with Crippen molar-refractivity contribution in [3.8, 4) is 11.3 Å². The lowest BCUT2D eigenvalue weighted by molar-refractivity contribution is 0.0600. The van der Waals surface area contributed by atoms with Crippen molar-refractivity contribution in [1.29, 1.82) is 0 Å². The summed E-state index contributed by atoms with van der Waals surface area (Å²) in [5.41, 5.74) is 8.88. The molecule has 2 N–H and O–H groups in total. The van der Waals surface area contributed by atoms with E-state index in [9.17, 15) is 14.0 Å². The third kappa shape index (κ3) is 5.97. The number of anilines is 1. The van der Waals surface area contributed by atoms with Crippen LogP contribution in [0.2, 0.25) is 0 Å². The summed E-state index contributed by atoms with van der Waals surface area (Å²) in [6, 6.07) is 14.9. The molecule has 0 saturated carbocycles. The van der Waals surface area contributed by atoms with Crippen LogP contribution in [0.4, 0.5) is 10.2 Å². The second-order valence-electron chi connectivity index (χ2n) is 8.09. The van der Waals surface area contributed by atoms with Crippen molar-refractivity contribution >= 4 is 11.8 Å². The Morgan fingerprint density at radius 3 is 2.46 bits per heavy atom. The van der Waals surface area contributed by atoms with Gasteiger partial charge in [-0.3, -0.25) is 9.25 Å². The monoisotopic (exact) mass is 476 g/mol. The number of hydrogen-bond donors (Lipinski definition) is 1. The first kappa shape index (κ1) is 23.8. The average Bonchev–Trinajstić information content (AvgIpc) is 3.34. The molecule has 35 heavy (non-hydrogen) atoms. The van der Waals surface area contributed by atoms with Gasteiger partial charge in [0.2, 0.25) is 0 Å². The second-order valence-corrected chi connectivity index (χ2v) is 8.09. The number of rotatable bonds is 9. The standard InChI is InChI=1S/C25H25FN6O3/c1-35-24(33)20-11-5-17(6-12-20)4-2-3-13-32-16-22(29-30-32)19-9-7-18(8-10-19)14-31-15-21(26)23(27)28-25(31)34/h5-12,15-16H,2-4,13-14H2,1H3,(H2,27,28,34). The van der Waals surface area contributed by atoms with E-state index in [1.807, 2.05) is 47.3 Å². The van der Waals surface area contributed by atoms with Gasteiger partial charge in [0.15, 0.2) is 11.6 Å². The van der Waals surface area contributed by atoms with E-state index in [2.05, 4.69) is 15.3 Å². The molecule has 4 rings (SSSR count). The lowest BCUT2D eigenvalue weighted by Gasteiger charge is -2.06. The fraction of sp³-hybridized carbons (Fsp3) is 0.240. The van der Waals surface area contributed by atoms with Gasteiger partial charge in [0.1, 0.15) is 5.69 Å². The van der Waals surface area contributed by atoms with E-state index in [1.54, 1.807) is 12.1 Å². The minimum Gasteiger partial charge on any atom is -0.465 e. The molecule has 0 aliphatic rings. The molecule has 10 heteroatoms. The Bertz CT molecular complexity index is 1360. The van der Waals surface area contributed by atoms with Crippen LogP contribution in [0, 0.1) is 5.82 Å². The van der Waals surface area contributed by atoms with Crippen molar-refractivity contribution in [3.63, 3.8) is 0 Å². The van der Waals surface area contributed by atoms with Crippen molar-refractivity contribution in [1.82, 2.24) is 24.5 Å². The number of nitrogen functional groups attached to an aromatic ring is 1. The Hall–Kier alpha value is -4.34. The molecule has 2 aromatic carbocycles. The highest BCUT2D eigenvalue weighted by Crippen LogP contribution is 2.18. The smallest absolute Gasteiger partial charge is 0.349 e. The van der Waals surface area contributed by atoms with Gasteiger partial charge in [0, 0.05) is 18.3 Å². The molecule has 180 valence electrons. The number of methoxy groups -OCH3 is 1. The zero-order valence-corrected chi connectivity index (χ0v) is 19.2. The number of aryl methyl sites for hydroxylation is 2. The van der Waals surface area contributed by atoms with Crippen molar-refractivity contribution in [3.05, 3.63) is 93.9 Å². The highest BCUT2D eigenvalue weighted by molar-refractivity contribution is 5.89. The van der Waals surface area contributed by atoms with Gasteiger partial charge in [-0.2, -0.15) is 4.98 Å². The largest absolute Gasteiger partial charge is 0.465 e. The number of ether oxygens (including phenoxy) is 1. The van der Waals surface area contributed by atoms with Gasteiger partial charge in [0.25, 0.3) is 0 Å². The molecule has 0 atom stereocenters. The Balaban J connectivity index is 1.29. The summed E-state index contributed by atoms with van der Waals surface area (Å²) >= 11 is 0. The van der Waals surface area contributed by atoms with Gasteiger partial charge < -0.3 is 10.5 Å². The number of carbonyl (C=O) groups is 1. The van der Waals surface area contributed by atoms with Crippen LogP contribution in [0.5, 0.6) is 0 Å². The van der Waals surface area contributed by atoms with E-state index in [4.69, 9.17) is 10.5 Å². The Kier molecular flexibility index (Phi) is 7.30. The van der Waals surface area contributed by atoms with Crippen molar-refractivity contribution in [2.24, 2.45) is 0 Å². The average molecular weight is 477 g/mol. The van der Waals surface area contributed by atoms with Crippen LogP contribution in [0.15, 0.2) is 65.7 Å². The van der Waals surface area contributed by atoms with Crippen LogP contribution < -0.4 is 11.4 Å². The number of aromatic nitrogens is 5. The van der Waals surface area contributed by atoms with Crippen molar-refractivity contribution in [2.75, 3.05) is 12.8 Å². The maximum absolute atomic E-state index is 13.6. The summed E-state index contributed by atoms with van der Waals surface area (Å²) in [7, 11) is 1.37. The topological polar surface area (TPSA) is 118 Å². The number of halogens is 1. The van der Waals surface area contributed by atoms with Crippen LogP contribution in [0.3, 0.4) is 0 Å². The number of hydrogen-bond acceptors (Lipinski definition) is 7. The fourth-order valence-corrected chi connectivity index (χ4v) is 3.64. The molecule has 0 amide bonds. The molecule has 0 aliphatic heterocycles. The van der Waals surface area contributed by atoms with Crippen LogP contribution >= 0.6 is 0 Å². The molecule has 0 unspecified atom stereocenters. The Morgan fingerprint density at radius 2 is 1.74 bits per heavy atom. The van der Waals surface area contributed by atoms with Crippen molar-refractivity contribution < 1.29 is 13.9 Å². The summed E-state index contributed by atoms with van der Waals surface area (Å²) in [5.74, 6) is -1.47. The maximum atomic E-state index is 13.6. The molecule has 9 nitrogen and oxygen atoms in total. The number of esters is 1. The highest BCUT2D eigenvalue weighted by atomic mass is 19.1. The molecular weight excluding hydrogens is 451 g/mol. The number of carbonyl (C=O) groups excluding carboxylic acids is 1. The van der Waals surface area contributed by atoms with E-state index < -0.39 is 17.3 Å². The normalized spacial score (nSPS) is 10.9. The van der Waals surface area contributed by atoms with Crippen LogP contribution in [-0.4, -0.2) is 37.6 Å². The van der Waals surface area contributed by atoms with Crippen LogP contribution in [0.25, 0.3) is 11.3 Å². The summed E-state index contributed by atoms with van der Waals surface area (Å²) in [5, 5.41) is 8.45. The first-order valence-electron chi connectivity index (χ1n) is 11.1. The van der Waals surface area contributed by atoms with E-state index in [0.29, 0.717) is 5.56 Å². The zero-order valence-electron chi connectivity index (χ0n) is 19.2. The van der Waals surface area contributed by atoms with Gasteiger partial charge in [-0.25, -0.2) is 14.0 Å². The maximum Gasteiger partial charge on any atom is 0.349 e. The van der Waals surface area contributed by atoms with E-state index in [0.717, 1.165) is 54.4 Å². The summed E-state index contributed by atoms with van der Waals surface area (Å²) in [6.07, 6.45) is 5.76. The summed E-state index contributed by atoms with van der Waals surface area (Å²) in [6.45, 7) is 0.922. The SMILES string of the molecule is COC(=O)c1ccc(CCCCn2cc(-c3ccc(Cn4cc(F)c(N)nc4=O)cc3)nn2)cc1. The molecule has 0 bridgehead atoms. The molecule has 0 spiro atoms. The first-order valence-corrected chi connectivity index (χ1v) is 11.1. The lowest BCUT2D eigenvalue weighted by Crippen LogP contribution is -2.25. The molecular formula is C25H25FN6O3. The summed E-state index contributed by atoms with van der Waals surface area (Å²) in [4.78, 5) is 26.9. The van der Waals surface area contributed by atoms with Gasteiger partial charge in [0.05, 0.1) is 25.4 Å². The van der Waals surface area contributed by atoms with Crippen molar-refractivity contribution in [2.45, 2.75) is 32.4 Å². The quantitative estimate of drug-likeness (QED) is 0.291. The third-order valence-corrected chi connectivity index (χ3v) is 5.59. The summed E-state index contributed by atoms with van der Waals surface area (Å²) < 4.78 is 21.3. The predicted molar refractivity (Wildman–Crippen MR) is 128 cm³/mol. The molecule has 4 aromatic rings. The van der Waals surface area contributed by atoms with E-state index in [1.165, 1.54) is 11.7 Å². The van der Waals surface area contributed by atoms with E-state index >= 15 is 0 Å². The molecule has 0 radical (unpaired) electrons. The van der Waals surface area contributed by atoms with Gasteiger partial charge in [-0.05, 0) is 42.5 Å². The molecule has 2 aromatic heterocycles. The number of benzene rings is 2. The van der Waals surface area contributed by atoms with Gasteiger partial charge >= 0.3 is 11.7 Å². The van der Waals surface area contributed by atoms with Crippen LogP contribution in [-0.2, 0) is 24.2 Å². The highest BCUT2D eigenvalue weighted by Gasteiger charge is 2.08. The molecule has 0 aliphatic carbocycles. The molecule has 0 saturated heterocycles. The number of unbranched alkanes of at least 4 members (excludes halogenated alkanes) is 1. The molecule has 2 heterocycles. The number of nitrogens with zero attached hydrogens (tertiary/aromatic N) is 5. The predicted octanol–water partition coefficient (Wildman–Crippen LogP) is 3.08. The van der Waals surface area contributed by atoms with E-state index in [-0.39, 0.29) is 12.5 Å².